The number of aromatic nitrogens is 2. The highest BCUT2D eigenvalue weighted by Crippen LogP contribution is 2.31. The Kier molecular flexibility index (Phi) is 4.48. The molecule has 1 unspecified atom stereocenters. The summed E-state index contributed by atoms with van der Waals surface area (Å²) < 4.78 is 1.09. The third-order valence-electron chi connectivity index (χ3n) is 2.78. The predicted molar refractivity (Wildman–Crippen MR) is 77.9 cm³/mol. The van der Waals surface area contributed by atoms with Crippen LogP contribution in [0.15, 0.2) is 22.0 Å². The Morgan fingerprint density at radius 3 is 2.72 bits per heavy atom. The fourth-order valence-corrected chi connectivity index (χ4v) is 3.09. The predicted octanol–water partition coefficient (Wildman–Crippen LogP) is 3.76. The Bertz CT molecular complexity index is 538. The summed E-state index contributed by atoms with van der Waals surface area (Å²) >= 11 is 5.11. The lowest BCUT2D eigenvalue weighted by Crippen LogP contribution is -2.09. The first-order valence-corrected chi connectivity index (χ1v) is 7.47. The molecule has 0 aromatic carbocycles. The van der Waals surface area contributed by atoms with E-state index in [-0.39, 0.29) is 12.5 Å². The summed E-state index contributed by atoms with van der Waals surface area (Å²) in [5, 5.41) is 9.35. The minimum absolute atomic E-state index is 0.0204. The van der Waals surface area contributed by atoms with Crippen molar-refractivity contribution in [3.05, 3.63) is 33.5 Å². The zero-order valence-corrected chi connectivity index (χ0v) is 12.8. The summed E-state index contributed by atoms with van der Waals surface area (Å²) in [5.74, 6) is 0.756. The first-order chi connectivity index (χ1) is 8.63. The van der Waals surface area contributed by atoms with Gasteiger partial charge in [-0.1, -0.05) is 6.92 Å². The molecule has 3 nitrogen and oxygen atoms in total. The quantitative estimate of drug-likeness (QED) is 0.930. The van der Waals surface area contributed by atoms with Crippen LogP contribution in [0.4, 0.5) is 0 Å². The maximum absolute atomic E-state index is 9.35. The molecule has 0 spiro atoms. The minimum atomic E-state index is 0.0204. The number of aliphatic hydroxyl groups excluding tert-OH is 1. The van der Waals surface area contributed by atoms with Gasteiger partial charge in [0.05, 0.1) is 21.0 Å². The Labute approximate surface area is 119 Å². The second-order valence-corrected chi connectivity index (χ2v) is 6.61. The van der Waals surface area contributed by atoms with E-state index in [1.54, 1.807) is 11.3 Å². The zero-order valence-electron chi connectivity index (χ0n) is 10.4. The van der Waals surface area contributed by atoms with Crippen LogP contribution in [0.25, 0.3) is 10.6 Å². The summed E-state index contributed by atoms with van der Waals surface area (Å²) in [5.41, 5.74) is 1.87. The Morgan fingerprint density at radius 2 is 2.17 bits per heavy atom. The smallest absolute Gasteiger partial charge is 0.134 e. The molecule has 18 heavy (non-hydrogen) atoms. The molecule has 0 aliphatic carbocycles. The van der Waals surface area contributed by atoms with Crippen LogP contribution >= 0.6 is 27.3 Å². The number of rotatable bonds is 4. The van der Waals surface area contributed by atoms with Gasteiger partial charge in [-0.15, -0.1) is 11.3 Å². The van der Waals surface area contributed by atoms with Gasteiger partial charge in [0.25, 0.3) is 0 Å². The van der Waals surface area contributed by atoms with Crippen molar-refractivity contribution in [2.75, 3.05) is 6.61 Å². The molecule has 0 saturated heterocycles. The van der Waals surface area contributed by atoms with E-state index in [2.05, 4.69) is 25.9 Å². The highest BCUT2D eigenvalue weighted by molar-refractivity contribution is 9.11. The molecule has 2 aromatic heterocycles. The first-order valence-electron chi connectivity index (χ1n) is 5.86. The van der Waals surface area contributed by atoms with Crippen LogP contribution in [0.2, 0.25) is 0 Å². The fourth-order valence-electron chi connectivity index (χ4n) is 1.75. The first kappa shape index (κ1) is 13.6. The van der Waals surface area contributed by atoms with Crippen LogP contribution in [0.5, 0.6) is 0 Å². The lowest BCUT2D eigenvalue weighted by atomic mass is 10.1. The molecule has 0 aliphatic rings. The molecule has 0 saturated carbocycles. The largest absolute Gasteiger partial charge is 0.396 e. The van der Waals surface area contributed by atoms with Crippen LogP contribution in [0.1, 0.15) is 30.8 Å². The van der Waals surface area contributed by atoms with E-state index in [1.165, 1.54) is 0 Å². The van der Waals surface area contributed by atoms with Gasteiger partial charge in [0, 0.05) is 11.6 Å². The van der Waals surface area contributed by atoms with E-state index in [0.717, 1.165) is 32.3 Å². The van der Waals surface area contributed by atoms with Gasteiger partial charge >= 0.3 is 0 Å². The highest BCUT2D eigenvalue weighted by Gasteiger charge is 2.14. The van der Waals surface area contributed by atoms with Gasteiger partial charge in [0.1, 0.15) is 5.82 Å². The van der Waals surface area contributed by atoms with E-state index in [1.807, 2.05) is 32.0 Å². The van der Waals surface area contributed by atoms with Gasteiger partial charge in [-0.25, -0.2) is 9.97 Å². The zero-order chi connectivity index (χ0) is 13.1. The van der Waals surface area contributed by atoms with E-state index in [9.17, 15) is 5.11 Å². The van der Waals surface area contributed by atoms with Gasteiger partial charge in [-0.2, -0.15) is 0 Å². The number of aliphatic hydroxyl groups is 1. The molecule has 1 N–H and O–H groups in total. The minimum Gasteiger partial charge on any atom is -0.396 e. The number of thiophene rings is 1. The molecule has 0 amide bonds. The van der Waals surface area contributed by atoms with Crippen LogP contribution < -0.4 is 0 Å². The third kappa shape index (κ3) is 2.96. The Hall–Kier alpha value is -0.780. The molecule has 0 radical (unpaired) electrons. The van der Waals surface area contributed by atoms with Crippen LogP contribution in [0, 0.1) is 6.92 Å². The molecule has 0 bridgehead atoms. The van der Waals surface area contributed by atoms with E-state index < -0.39 is 0 Å². The van der Waals surface area contributed by atoms with Gasteiger partial charge in [0.15, 0.2) is 0 Å². The summed E-state index contributed by atoms with van der Waals surface area (Å²) in [6.45, 7) is 4.09. The van der Waals surface area contributed by atoms with Crippen LogP contribution in [0.3, 0.4) is 0 Å². The average molecular weight is 327 g/mol. The van der Waals surface area contributed by atoms with E-state index >= 15 is 0 Å². The van der Waals surface area contributed by atoms with Crippen LogP contribution in [-0.4, -0.2) is 21.7 Å². The molecule has 2 aromatic rings. The van der Waals surface area contributed by atoms with Crippen molar-refractivity contribution in [3.63, 3.8) is 0 Å². The lowest BCUT2D eigenvalue weighted by Gasteiger charge is -2.11. The second-order valence-electron chi connectivity index (χ2n) is 4.14. The average Bonchev–Trinajstić information content (AvgIpc) is 2.77. The number of halogens is 1. The molecule has 5 heteroatoms. The number of nitrogens with zero attached hydrogens (tertiary/aromatic N) is 2. The Morgan fingerprint density at radius 1 is 1.39 bits per heavy atom. The van der Waals surface area contributed by atoms with E-state index in [4.69, 9.17) is 0 Å². The van der Waals surface area contributed by atoms with Gasteiger partial charge < -0.3 is 5.11 Å². The summed E-state index contributed by atoms with van der Waals surface area (Å²) in [7, 11) is 0. The van der Waals surface area contributed by atoms with Gasteiger partial charge in [0.2, 0.25) is 0 Å². The molecule has 1 atom stereocenters. The molecule has 0 aliphatic heterocycles. The molecule has 0 fully saturated rings. The number of hydrogen-bond donors (Lipinski definition) is 1. The number of hydrogen-bond acceptors (Lipinski definition) is 4. The maximum Gasteiger partial charge on any atom is 0.134 e. The topological polar surface area (TPSA) is 46.0 Å². The number of aryl methyl sites for hydroxylation is 1. The molecule has 2 rings (SSSR count). The summed E-state index contributed by atoms with van der Waals surface area (Å²) in [6, 6.07) is 6.03. The third-order valence-corrected chi connectivity index (χ3v) is 4.42. The summed E-state index contributed by atoms with van der Waals surface area (Å²) in [4.78, 5) is 10.1. The molecular formula is C13H15BrN2OS. The van der Waals surface area contributed by atoms with Crippen LogP contribution in [-0.2, 0) is 0 Å². The molecular weight excluding hydrogens is 312 g/mol. The van der Waals surface area contributed by atoms with Crippen molar-refractivity contribution in [1.82, 2.24) is 9.97 Å². The lowest BCUT2D eigenvalue weighted by molar-refractivity contribution is 0.257. The van der Waals surface area contributed by atoms with Gasteiger partial charge in [-0.05, 0) is 47.5 Å². The Balaban J connectivity index is 2.43. The van der Waals surface area contributed by atoms with Crippen molar-refractivity contribution < 1.29 is 5.11 Å². The normalized spacial score (nSPS) is 12.7. The van der Waals surface area contributed by atoms with Crippen molar-refractivity contribution in [2.45, 2.75) is 26.2 Å². The van der Waals surface area contributed by atoms with Crippen molar-refractivity contribution >= 4 is 27.3 Å². The SMILES string of the molecule is CCC(CO)c1nc(C)cc(-c2ccc(Br)s2)n1. The van der Waals surface area contributed by atoms with Crippen molar-refractivity contribution in [3.8, 4) is 10.6 Å². The van der Waals surface area contributed by atoms with E-state index in [0.29, 0.717) is 0 Å². The maximum atomic E-state index is 9.35. The van der Waals surface area contributed by atoms with Gasteiger partial charge in [-0.3, -0.25) is 0 Å². The van der Waals surface area contributed by atoms with Crippen molar-refractivity contribution in [1.29, 1.82) is 0 Å². The monoisotopic (exact) mass is 326 g/mol. The molecule has 2 heterocycles. The van der Waals surface area contributed by atoms with Crippen molar-refractivity contribution in [2.24, 2.45) is 0 Å². The summed E-state index contributed by atoms with van der Waals surface area (Å²) in [6.07, 6.45) is 0.841. The fraction of sp³-hybridized carbons (Fsp3) is 0.385. The standard InChI is InChI=1S/C13H15BrN2OS/c1-3-9(7-17)13-15-8(2)6-10(16-13)11-4-5-12(14)18-11/h4-6,9,17H,3,7H2,1-2H3. The molecule has 96 valence electrons. The second kappa shape index (κ2) is 5.91. The highest BCUT2D eigenvalue weighted by atomic mass is 79.9.